The summed E-state index contributed by atoms with van der Waals surface area (Å²) in [7, 11) is -3.42. The van der Waals surface area contributed by atoms with Crippen molar-refractivity contribution in [2.24, 2.45) is 5.92 Å². The van der Waals surface area contributed by atoms with E-state index >= 15 is 0 Å². The Kier molecular flexibility index (Phi) is 9.11. The molecule has 2 atom stereocenters. The lowest BCUT2D eigenvalue weighted by Crippen LogP contribution is -2.37. The first-order chi connectivity index (χ1) is 12.9. The molecule has 0 aromatic heterocycles. The van der Waals surface area contributed by atoms with E-state index in [2.05, 4.69) is 0 Å². The Balaban J connectivity index is 2.54. The summed E-state index contributed by atoms with van der Waals surface area (Å²) in [5.41, 5.74) is -0.718. The van der Waals surface area contributed by atoms with Crippen molar-refractivity contribution in [3.05, 3.63) is 0 Å². The summed E-state index contributed by atoms with van der Waals surface area (Å²) in [5, 5.41) is 0. The number of ketones is 1. The Morgan fingerprint density at radius 2 is 1.82 bits per heavy atom. The molecule has 1 aliphatic rings. The fourth-order valence-electron chi connectivity index (χ4n) is 2.83. The molecule has 1 fully saturated rings. The number of carbonyl (C=O) groups excluding carboxylic acids is 3. The molecule has 1 heterocycles. The summed E-state index contributed by atoms with van der Waals surface area (Å²) in [6, 6.07) is 0. The predicted octanol–water partition coefficient (Wildman–Crippen LogP) is 3.99. The first kappa shape index (κ1) is 24.6. The summed E-state index contributed by atoms with van der Waals surface area (Å²) in [6.07, 6.45) is -1.77. The standard InChI is InChI=1S/C18H32NO8P/c1-7-24-28(23,25-8-2)12-14(20)9-13(3)10-15-11-19(16(21)26-15)17(22)27-18(4,5)6/h13,15H,7-12H2,1-6H3/t13-,15-/m1/s1. The van der Waals surface area contributed by atoms with Crippen LogP contribution in [0.3, 0.4) is 0 Å². The normalized spacial score (nSPS) is 18.7. The molecule has 0 aromatic carbocycles. The first-order valence-electron chi connectivity index (χ1n) is 9.50. The van der Waals surface area contributed by atoms with Crippen LogP contribution in [-0.4, -0.2) is 60.5 Å². The third-order valence-corrected chi connectivity index (χ3v) is 5.79. The Labute approximate surface area is 166 Å². The van der Waals surface area contributed by atoms with Gasteiger partial charge in [-0.15, -0.1) is 0 Å². The maximum atomic E-state index is 12.4. The summed E-state index contributed by atoms with van der Waals surface area (Å²) in [6.45, 7) is 10.8. The minimum absolute atomic E-state index is 0.0721. The highest BCUT2D eigenvalue weighted by Gasteiger charge is 2.39. The van der Waals surface area contributed by atoms with Crippen molar-refractivity contribution in [2.45, 2.75) is 66.1 Å². The van der Waals surface area contributed by atoms with Gasteiger partial charge in [-0.1, -0.05) is 6.92 Å². The van der Waals surface area contributed by atoms with Gasteiger partial charge in [-0.05, 0) is 47.0 Å². The second kappa shape index (κ2) is 10.4. The van der Waals surface area contributed by atoms with E-state index in [0.29, 0.717) is 6.42 Å². The molecule has 1 aliphatic heterocycles. The van der Waals surface area contributed by atoms with Crippen LogP contribution in [0.1, 0.15) is 54.4 Å². The van der Waals surface area contributed by atoms with Crippen molar-refractivity contribution in [1.29, 1.82) is 0 Å². The molecule has 9 nitrogen and oxygen atoms in total. The van der Waals surface area contributed by atoms with Gasteiger partial charge in [-0.2, -0.15) is 0 Å². The van der Waals surface area contributed by atoms with Gasteiger partial charge in [0, 0.05) is 6.42 Å². The molecule has 10 heteroatoms. The second-order valence-corrected chi connectivity index (χ2v) is 9.84. The van der Waals surface area contributed by atoms with Crippen LogP contribution in [0.4, 0.5) is 9.59 Å². The summed E-state index contributed by atoms with van der Waals surface area (Å²) >= 11 is 0. The molecule has 1 saturated heterocycles. The van der Waals surface area contributed by atoms with Gasteiger partial charge >= 0.3 is 19.8 Å². The van der Waals surface area contributed by atoms with Crippen LogP contribution in [0, 0.1) is 5.92 Å². The molecule has 0 saturated carbocycles. The van der Waals surface area contributed by atoms with Crippen molar-refractivity contribution in [2.75, 3.05) is 25.9 Å². The zero-order valence-corrected chi connectivity index (χ0v) is 18.5. The third-order valence-electron chi connectivity index (χ3n) is 3.75. The molecular weight excluding hydrogens is 389 g/mol. The highest BCUT2D eigenvalue weighted by Crippen LogP contribution is 2.48. The minimum atomic E-state index is -3.42. The van der Waals surface area contributed by atoms with Crippen LogP contribution in [0.2, 0.25) is 0 Å². The van der Waals surface area contributed by atoms with Crippen molar-refractivity contribution in [3.8, 4) is 0 Å². The summed E-state index contributed by atoms with van der Waals surface area (Å²) < 4.78 is 33.1. The Morgan fingerprint density at radius 1 is 1.25 bits per heavy atom. The largest absolute Gasteiger partial charge is 0.444 e. The third kappa shape index (κ3) is 8.29. The number of hydrogen-bond donors (Lipinski definition) is 0. The van der Waals surface area contributed by atoms with Crippen LogP contribution in [0.25, 0.3) is 0 Å². The number of rotatable bonds is 10. The van der Waals surface area contributed by atoms with Crippen molar-refractivity contribution >= 4 is 25.6 Å². The zero-order chi connectivity index (χ0) is 21.5. The zero-order valence-electron chi connectivity index (χ0n) is 17.6. The van der Waals surface area contributed by atoms with E-state index in [-0.39, 0.29) is 44.0 Å². The number of ether oxygens (including phenoxy) is 2. The van der Waals surface area contributed by atoms with Gasteiger partial charge in [0.05, 0.1) is 19.8 Å². The molecule has 1 rings (SSSR count). The first-order valence-corrected chi connectivity index (χ1v) is 11.2. The molecule has 162 valence electrons. The van der Waals surface area contributed by atoms with Gasteiger partial charge in [-0.25, -0.2) is 14.5 Å². The van der Waals surface area contributed by atoms with Crippen LogP contribution >= 0.6 is 7.60 Å². The highest BCUT2D eigenvalue weighted by atomic mass is 31.2. The number of amides is 2. The molecular formula is C18H32NO8P. The fraction of sp³-hybridized carbons (Fsp3) is 0.833. The molecule has 2 amide bonds. The van der Waals surface area contributed by atoms with E-state index in [9.17, 15) is 18.9 Å². The summed E-state index contributed by atoms with van der Waals surface area (Å²) in [5.74, 6) is -0.383. The number of imide groups is 1. The molecule has 0 N–H and O–H groups in total. The topological polar surface area (TPSA) is 108 Å². The van der Waals surface area contributed by atoms with Gasteiger partial charge in [0.15, 0.2) is 0 Å². The average molecular weight is 421 g/mol. The average Bonchev–Trinajstić information content (AvgIpc) is 2.85. The molecule has 0 bridgehead atoms. The maximum Gasteiger partial charge on any atom is 0.419 e. The van der Waals surface area contributed by atoms with Gasteiger partial charge in [0.1, 0.15) is 23.7 Å². The number of nitrogens with zero attached hydrogens (tertiary/aromatic N) is 1. The van der Waals surface area contributed by atoms with Gasteiger partial charge in [0.2, 0.25) is 0 Å². The Morgan fingerprint density at radius 3 is 2.32 bits per heavy atom. The molecule has 0 radical (unpaired) electrons. The van der Waals surface area contributed by atoms with Crippen molar-refractivity contribution in [3.63, 3.8) is 0 Å². The van der Waals surface area contributed by atoms with E-state index in [1.807, 2.05) is 6.92 Å². The number of carbonyl (C=O) groups is 3. The van der Waals surface area contributed by atoms with E-state index in [1.165, 1.54) is 0 Å². The lowest BCUT2D eigenvalue weighted by molar-refractivity contribution is -0.117. The highest BCUT2D eigenvalue weighted by molar-refractivity contribution is 7.54. The van der Waals surface area contributed by atoms with Crippen molar-refractivity contribution in [1.82, 2.24) is 4.90 Å². The van der Waals surface area contributed by atoms with Gasteiger partial charge in [-0.3, -0.25) is 9.36 Å². The smallest absolute Gasteiger partial charge is 0.419 e. The number of hydrogen-bond acceptors (Lipinski definition) is 8. The van der Waals surface area contributed by atoms with E-state index in [1.54, 1.807) is 34.6 Å². The van der Waals surface area contributed by atoms with E-state index < -0.39 is 31.5 Å². The Bertz CT molecular complexity index is 605. The number of cyclic esters (lactones) is 1. The SMILES string of the molecule is CCOP(=O)(CC(=O)C[C@@H](C)C[C@@H]1CN(C(=O)OC(C)(C)C)C(=O)O1)OCC. The minimum Gasteiger partial charge on any atom is -0.444 e. The van der Waals surface area contributed by atoms with Crippen LogP contribution in [0.5, 0.6) is 0 Å². The lowest BCUT2D eigenvalue weighted by Gasteiger charge is -2.22. The molecule has 28 heavy (non-hydrogen) atoms. The summed E-state index contributed by atoms with van der Waals surface area (Å²) in [4.78, 5) is 37.1. The molecule has 0 aromatic rings. The maximum absolute atomic E-state index is 12.4. The predicted molar refractivity (Wildman–Crippen MR) is 102 cm³/mol. The molecule has 0 spiro atoms. The fourth-order valence-corrected chi connectivity index (χ4v) is 4.44. The monoisotopic (exact) mass is 421 g/mol. The van der Waals surface area contributed by atoms with Gasteiger partial charge < -0.3 is 18.5 Å². The van der Waals surface area contributed by atoms with Crippen molar-refractivity contribution < 1.29 is 37.5 Å². The quantitative estimate of drug-likeness (QED) is 0.487. The molecule has 0 unspecified atom stereocenters. The van der Waals surface area contributed by atoms with Crippen LogP contribution < -0.4 is 0 Å². The van der Waals surface area contributed by atoms with Crippen LogP contribution in [0.15, 0.2) is 0 Å². The van der Waals surface area contributed by atoms with Gasteiger partial charge in [0.25, 0.3) is 0 Å². The van der Waals surface area contributed by atoms with Crippen LogP contribution in [-0.2, 0) is 27.9 Å². The van der Waals surface area contributed by atoms with E-state index in [4.69, 9.17) is 18.5 Å². The second-order valence-electron chi connectivity index (χ2n) is 7.78. The number of Topliss-reactive ketones (excluding diaryl/α,β-unsaturated/α-hetero) is 1. The lowest BCUT2D eigenvalue weighted by atomic mass is 9.98. The Hall–Kier alpha value is -1.44. The van der Waals surface area contributed by atoms with E-state index in [0.717, 1.165) is 4.90 Å². The molecule has 0 aliphatic carbocycles.